The van der Waals surface area contributed by atoms with E-state index >= 15 is 0 Å². The molecule has 1 fully saturated rings. The molecule has 7 nitrogen and oxygen atoms in total. The summed E-state index contributed by atoms with van der Waals surface area (Å²) in [7, 11) is -1.84. The Balaban J connectivity index is 1.97. The van der Waals surface area contributed by atoms with Crippen LogP contribution >= 0.6 is 0 Å². The van der Waals surface area contributed by atoms with E-state index in [4.69, 9.17) is 0 Å². The van der Waals surface area contributed by atoms with Gasteiger partial charge in [0.1, 0.15) is 5.82 Å². The predicted molar refractivity (Wildman–Crippen MR) is 100 cm³/mol. The van der Waals surface area contributed by atoms with Gasteiger partial charge in [0.2, 0.25) is 15.9 Å². The fourth-order valence-corrected chi connectivity index (χ4v) is 4.95. The molecule has 1 aromatic carbocycles. The lowest BCUT2D eigenvalue weighted by atomic mass is 10.2. The molecular formula is C18H26N4O3S. The lowest BCUT2D eigenvalue weighted by Gasteiger charge is -2.15. The Kier molecular flexibility index (Phi) is 5.62. The zero-order valence-electron chi connectivity index (χ0n) is 15.4. The highest BCUT2D eigenvalue weighted by molar-refractivity contribution is 7.89. The number of hydrogen-bond donors (Lipinski definition) is 1. The van der Waals surface area contributed by atoms with E-state index in [0.29, 0.717) is 36.3 Å². The maximum absolute atomic E-state index is 12.8. The second kappa shape index (κ2) is 7.75. The Morgan fingerprint density at radius 1 is 1.27 bits per heavy atom. The molecule has 0 spiro atoms. The largest absolute Gasteiger partial charge is 0.359 e. The second-order valence-corrected chi connectivity index (χ2v) is 8.55. The number of carbonyl (C=O) groups excluding carboxylic acids is 1. The quantitative estimate of drug-likeness (QED) is 0.798. The summed E-state index contributed by atoms with van der Waals surface area (Å²) in [6.45, 7) is 4.04. The van der Waals surface area contributed by atoms with Crippen molar-refractivity contribution >= 4 is 27.0 Å². The third-order valence-corrected chi connectivity index (χ3v) is 6.70. The van der Waals surface area contributed by atoms with Crippen molar-refractivity contribution in [2.24, 2.45) is 0 Å². The van der Waals surface area contributed by atoms with Crippen LogP contribution in [0.25, 0.3) is 11.0 Å². The number of rotatable bonds is 7. The first-order valence-electron chi connectivity index (χ1n) is 9.17. The van der Waals surface area contributed by atoms with E-state index < -0.39 is 10.0 Å². The predicted octanol–water partition coefficient (Wildman–Crippen LogP) is 1.91. The van der Waals surface area contributed by atoms with E-state index in [0.717, 1.165) is 37.1 Å². The first kappa shape index (κ1) is 18.8. The lowest BCUT2D eigenvalue weighted by molar-refractivity contribution is -0.120. The molecule has 3 rings (SSSR count). The van der Waals surface area contributed by atoms with Crippen molar-refractivity contribution < 1.29 is 13.2 Å². The van der Waals surface area contributed by atoms with Gasteiger partial charge in [0, 0.05) is 39.5 Å². The number of aromatic nitrogens is 2. The Hall–Kier alpha value is -1.93. The number of nitrogens with one attached hydrogen (secondary N) is 1. The molecule has 0 saturated carbocycles. The number of benzene rings is 1. The molecule has 2 aromatic rings. The van der Waals surface area contributed by atoms with E-state index in [2.05, 4.69) is 21.8 Å². The zero-order valence-corrected chi connectivity index (χ0v) is 16.2. The van der Waals surface area contributed by atoms with Gasteiger partial charge in [-0.15, -0.1) is 0 Å². The minimum absolute atomic E-state index is 0.0302. The Labute approximate surface area is 154 Å². The summed E-state index contributed by atoms with van der Waals surface area (Å²) in [6.07, 6.45) is 3.66. The number of fused-ring (bicyclic) bond motifs is 1. The number of carbonyl (C=O) groups is 1. The van der Waals surface area contributed by atoms with E-state index in [1.807, 2.05) is 6.07 Å². The lowest BCUT2D eigenvalue weighted by Crippen LogP contribution is -2.27. The zero-order chi connectivity index (χ0) is 18.7. The van der Waals surface area contributed by atoms with Crippen molar-refractivity contribution in [3.63, 3.8) is 0 Å². The van der Waals surface area contributed by atoms with Crippen LogP contribution in [0.4, 0.5) is 0 Å². The highest BCUT2D eigenvalue weighted by Crippen LogP contribution is 2.25. The molecular weight excluding hydrogens is 352 g/mol. The van der Waals surface area contributed by atoms with Gasteiger partial charge < -0.3 is 9.88 Å². The Morgan fingerprint density at radius 3 is 2.65 bits per heavy atom. The molecule has 0 unspecified atom stereocenters. The van der Waals surface area contributed by atoms with Gasteiger partial charge in [-0.25, -0.2) is 13.4 Å². The van der Waals surface area contributed by atoms with Crippen LogP contribution in [0.5, 0.6) is 0 Å². The summed E-state index contributed by atoms with van der Waals surface area (Å²) < 4.78 is 29.2. The smallest absolute Gasteiger partial charge is 0.243 e. The number of aryl methyl sites for hydroxylation is 2. The maximum atomic E-state index is 12.8. The van der Waals surface area contributed by atoms with Crippen molar-refractivity contribution in [3.8, 4) is 0 Å². The van der Waals surface area contributed by atoms with E-state index in [9.17, 15) is 13.2 Å². The summed E-state index contributed by atoms with van der Waals surface area (Å²) in [5.41, 5.74) is 1.59. The molecule has 142 valence electrons. The van der Waals surface area contributed by atoms with Gasteiger partial charge >= 0.3 is 0 Å². The average molecular weight is 378 g/mol. The third kappa shape index (κ3) is 3.61. The molecule has 1 saturated heterocycles. The van der Waals surface area contributed by atoms with Gasteiger partial charge in [-0.05, 0) is 37.5 Å². The minimum atomic E-state index is -3.46. The topological polar surface area (TPSA) is 84.3 Å². The van der Waals surface area contributed by atoms with E-state index in [-0.39, 0.29) is 5.91 Å². The second-order valence-electron chi connectivity index (χ2n) is 6.61. The normalized spacial score (nSPS) is 15.6. The first-order chi connectivity index (χ1) is 12.5. The molecule has 1 aliphatic rings. The number of hydrogen-bond acceptors (Lipinski definition) is 4. The van der Waals surface area contributed by atoms with Crippen molar-refractivity contribution in [3.05, 3.63) is 24.0 Å². The number of sulfonamides is 1. The van der Waals surface area contributed by atoms with Crippen LogP contribution in [0.3, 0.4) is 0 Å². The van der Waals surface area contributed by atoms with Crippen LogP contribution in [-0.2, 0) is 27.8 Å². The first-order valence-corrected chi connectivity index (χ1v) is 10.6. The molecule has 1 aliphatic heterocycles. The molecule has 0 bridgehead atoms. The standard InChI is InChI=1S/C18H26N4O3S/c1-3-10-22-16-7-6-14(26(24,25)21-11-4-5-12-21)13-15(16)20-17(22)8-9-18(23)19-2/h6-7,13H,3-5,8-12H2,1-2H3,(H,19,23). The summed E-state index contributed by atoms with van der Waals surface area (Å²) >= 11 is 0. The van der Waals surface area contributed by atoms with Gasteiger partial charge in [0.25, 0.3) is 0 Å². The number of nitrogens with zero attached hydrogens (tertiary/aromatic N) is 3. The molecule has 0 atom stereocenters. The molecule has 0 radical (unpaired) electrons. The highest BCUT2D eigenvalue weighted by atomic mass is 32.2. The third-order valence-electron chi connectivity index (χ3n) is 4.80. The van der Waals surface area contributed by atoms with Gasteiger partial charge in [0.05, 0.1) is 15.9 Å². The van der Waals surface area contributed by atoms with Crippen LogP contribution in [0.1, 0.15) is 38.4 Å². The van der Waals surface area contributed by atoms with Crippen molar-refractivity contribution in [2.75, 3.05) is 20.1 Å². The monoisotopic (exact) mass is 378 g/mol. The van der Waals surface area contributed by atoms with Crippen LogP contribution in [-0.4, -0.2) is 48.3 Å². The molecule has 0 aliphatic carbocycles. The van der Waals surface area contributed by atoms with E-state index in [1.165, 1.54) is 0 Å². The molecule has 1 N–H and O–H groups in total. The highest BCUT2D eigenvalue weighted by Gasteiger charge is 2.27. The van der Waals surface area contributed by atoms with Crippen LogP contribution in [0.2, 0.25) is 0 Å². The fraction of sp³-hybridized carbons (Fsp3) is 0.556. The molecule has 8 heteroatoms. The average Bonchev–Trinajstić information content (AvgIpc) is 3.28. The number of imidazole rings is 1. The fourth-order valence-electron chi connectivity index (χ4n) is 3.41. The Bertz CT molecular complexity index is 899. The summed E-state index contributed by atoms with van der Waals surface area (Å²) in [5.74, 6) is 0.790. The van der Waals surface area contributed by atoms with Gasteiger partial charge in [0.15, 0.2) is 0 Å². The van der Waals surface area contributed by atoms with Crippen molar-refractivity contribution in [1.29, 1.82) is 0 Å². The maximum Gasteiger partial charge on any atom is 0.243 e. The summed E-state index contributed by atoms with van der Waals surface area (Å²) in [4.78, 5) is 16.5. The van der Waals surface area contributed by atoms with Crippen molar-refractivity contribution in [2.45, 2.75) is 50.5 Å². The molecule has 26 heavy (non-hydrogen) atoms. The van der Waals surface area contributed by atoms with Gasteiger partial charge in [-0.2, -0.15) is 4.31 Å². The minimum Gasteiger partial charge on any atom is -0.359 e. The Morgan fingerprint density at radius 2 is 2.00 bits per heavy atom. The van der Waals surface area contributed by atoms with Crippen LogP contribution < -0.4 is 5.32 Å². The SMILES string of the molecule is CCCn1c(CCC(=O)NC)nc2cc(S(=O)(=O)N3CCCC3)ccc21. The molecule has 2 heterocycles. The van der Waals surface area contributed by atoms with Crippen molar-refractivity contribution in [1.82, 2.24) is 19.2 Å². The summed E-state index contributed by atoms with van der Waals surface area (Å²) in [5, 5.41) is 2.62. The van der Waals surface area contributed by atoms with Gasteiger partial charge in [-0.1, -0.05) is 6.92 Å². The molecule has 1 amide bonds. The van der Waals surface area contributed by atoms with Crippen LogP contribution in [0, 0.1) is 0 Å². The van der Waals surface area contributed by atoms with E-state index in [1.54, 1.807) is 23.5 Å². The number of amides is 1. The van der Waals surface area contributed by atoms with Crippen LogP contribution in [0.15, 0.2) is 23.1 Å². The summed E-state index contributed by atoms with van der Waals surface area (Å²) in [6, 6.07) is 5.18. The molecule has 1 aromatic heterocycles. The van der Waals surface area contributed by atoms with Gasteiger partial charge in [-0.3, -0.25) is 4.79 Å².